The molecule has 25 heavy (non-hydrogen) atoms. The van der Waals surface area contributed by atoms with Crippen LogP contribution in [0.3, 0.4) is 0 Å². The summed E-state index contributed by atoms with van der Waals surface area (Å²) in [6.07, 6.45) is 3.06. The van der Waals surface area contributed by atoms with Gasteiger partial charge in [-0.25, -0.2) is 18.1 Å². The number of ether oxygens (including phenoxy) is 1. The molecule has 9 heteroatoms. The molecule has 0 radical (unpaired) electrons. The van der Waals surface area contributed by atoms with E-state index in [0.717, 1.165) is 12.8 Å². The lowest BCUT2D eigenvalue weighted by Crippen LogP contribution is -2.26. The largest absolute Gasteiger partial charge is 0.481 e. The number of methoxy groups -OCH3 is 1. The lowest BCUT2D eigenvalue weighted by molar-refractivity contribution is 0.102. The van der Waals surface area contributed by atoms with Gasteiger partial charge in [0.25, 0.3) is 5.91 Å². The summed E-state index contributed by atoms with van der Waals surface area (Å²) in [7, 11) is -2.26. The molecule has 2 N–H and O–H groups in total. The molecule has 0 aliphatic heterocycles. The molecule has 7 nitrogen and oxygen atoms in total. The van der Waals surface area contributed by atoms with Crippen LogP contribution in [-0.2, 0) is 10.0 Å². The van der Waals surface area contributed by atoms with Gasteiger partial charge in [0.2, 0.25) is 15.9 Å². The first-order valence-electron chi connectivity index (χ1n) is 7.52. The van der Waals surface area contributed by atoms with Crippen molar-refractivity contribution in [2.24, 2.45) is 0 Å². The molecule has 1 aromatic heterocycles. The van der Waals surface area contributed by atoms with Gasteiger partial charge < -0.3 is 10.1 Å². The fraction of sp³-hybridized carbons (Fsp3) is 0.250. The summed E-state index contributed by atoms with van der Waals surface area (Å²) in [5, 5.41) is 2.71. The van der Waals surface area contributed by atoms with Crippen molar-refractivity contribution in [2.45, 2.75) is 23.8 Å². The fourth-order valence-corrected chi connectivity index (χ4v) is 3.94. The highest BCUT2D eigenvalue weighted by molar-refractivity contribution is 7.89. The number of nitrogens with zero attached hydrogens (tertiary/aromatic N) is 1. The predicted molar refractivity (Wildman–Crippen MR) is 93.5 cm³/mol. The minimum Gasteiger partial charge on any atom is -0.481 e. The van der Waals surface area contributed by atoms with E-state index in [9.17, 15) is 13.2 Å². The van der Waals surface area contributed by atoms with Gasteiger partial charge in [-0.2, -0.15) is 0 Å². The van der Waals surface area contributed by atoms with E-state index in [1.165, 1.54) is 31.5 Å². The van der Waals surface area contributed by atoms with Crippen molar-refractivity contribution >= 4 is 33.2 Å². The summed E-state index contributed by atoms with van der Waals surface area (Å²) >= 11 is 6.01. The maximum Gasteiger partial charge on any atom is 0.255 e. The average Bonchev–Trinajstić information content (AvgIpc) is 3.39. The van der Waals surface area contributed by atoms with Gasteiger partial charge in [0.05, 0.1) is 24.0 Å². The first kappa shape index (κ1) is 17.7. The van der Waals surface area contributed by atoms with Crippen LogP contribution in [0.15, 0.2) is 41.4 Å². The number of rotatable bonds is 6. The summed E-state index contributed by atoms with van der Waals surface area (Å²) in [5.74, 6) is -0.0458. The summed E-state index contributed by atoms with van der Waals surface area (Å²) in [5.41, 5.74) is 0.637. The smallest absolute Gasteiger partial charge is 0.255 e. The van der Waals surface area contributed by atoms with Crippen LogP contribution in [-0.4, -0.2) is 32.5 Å². The van der Waals surface area contributed by atoms with Crippen LogP contribution in [0.1, 0.15) is 23.2 Å². The Hall–Kier alpha value is -2.16. The van der Waals surface area contributed by atoms with Gasteiger partial charge in [0.15, 0.2) is 0 Å². The number of amides is 1. The first-order chi connectivity index (χ1) is 11.9. The third-order valence-electron chi connectivity index (χ3n) is 3.59. The Morgan fingerprint density at radius 3 is 2.64 bits per heavy atom. The summed E-state index contributed by atoms with van der Waals surface area (Å²) < 4.78 is 32.2. The van der Waals surface area contributed by atoms with Crippen LogP contribution < -0.4 is 14.8 Å². The number of anilines is 1. The van der Waals surface area contributed by atoms with Gasteiger partial charge in [-0.15, -0.1) is 0 Å². The third kappa shape index (κ3) is 4.28. The van der Waals surface area contributed by atoms with E-state index in [1.54, 1.807) is 12.1 Å². The zero-order valence-corrected chi connectivity index (χ0v) is 14.9. The Morgan fingerprint density at radius 1 is 1.28 bits per heavy atom. The number of sulfonamides is 1. The molecule has 1 aromatic carbocycles. The van der Waals surface area contributed by atoms with Crippen molar-refractivity contribution in [2.75, 3.05) is 12.4 Å². The molecule has 0 spiro atoms. The lowest BCUT2D eigenvalue weighted by Gasteiger charge is -2.10. The second-order valence-electron chi connectivity index (χ2n) is 5.58. The van der Waals surface area contributed by atoms with E-state index in [-0.39, 0.29) is 21.5 Å². The minimum atomic E-state index is -3.76. The summed E-state index contributed by atoms with van der Waals surface area (Å²) in [6.45, 7) is 0. The van der Waals surface area contributed by atoms with Crippen LogP contribution in [0.2, 0.25) is 5.02 Å². The van der Waals surface area contributed by atoms with Crippen LogP contribution >= 0.6 is 11.6 Å². The number of hydrogen-bond donors (Lipinski definition) is 2. The molecular weight excluding hydrogens is 366 g/mol. The molecule has 1 fully saturated rings. The van der Waals surface area contributed by atoms with Gasteiger partial charge in [0.1, 0.15) is 4.90 Å². The topological polar surface area (TPSA) is 97.4 Å². The molecular formula is C16H16ClN3O4S. The Labute approximate surface area is 150 Å². The maximum atomic E-state index is 12.4. The van der Waals surface area contributed by atoms with Gasteiger partial charge in [-0.1, -0.05) is 11.6 Å². The van der Waals surface area contributed by atoms with E-state index in [1.807, 2.05) is 0 Å². The second-order valence-corrected chi connectivity index (χ2v) is 7.67. The van der Waals surface area contributed by atoms with Crippen LogP contribution in [0.25, 0.3) is 0 Å². The van der Waals surface area contributed by atoms with E-state index < -0.39 is 15.9 Å². The number of halogens is 1. The number of benzene rings is 1. The van der Waals surface area contributed by atoms with E-state index >= 15 is 0 Å². The minimum absolute atomic E-state index is 0.0519. The Kier molecular flexibility index (Phi) is 4.94. The number of aromatic nitrogens is 1. The first-order valence-corrected chi connectivity index (χ1v) is 9.38. The fourth-order valence-electron chi connectivity index (χ4n) is 2.11. The lowest BCUT2D eigenvalue weighted by atomic mass is 10.2. The highest BCUT2D eigenvalue weighted by Crippen LogP contribution is 2.27. The quantitative estimate of drug-likeness (QED) is 0.800. The highest BCUT2D eigenvalue weighted by atomic mass is 35.5. The van der Waals surface area contributed by atoms with Gasteiger partial charge in [-0.3, -0.25) is 4.79 Å². The number of carbonyl (C=O) groups is 1. The van der Waals surface area contributed by atoms with Crippen molar-refractivity contribution in [3.8, 4) is 5.88 Å². The summed E-state index contributed by atoms with van der Waals surface area (Å²) in [6, 6.07) is 7.30. The number of pyridine rings is 1. The third-order valence-corrected chi connectivity index (χ3v) is 5.59. The van der Waals surface area contributed by atoms with Gasteiger partial charge in [-0.05, 0) is 37.1 Å². The van der Waals surface area contributed by atoms with Gasteiger partial charge >= 0.3 is 0 Å². The van der Waals surface area contributed by atoms with Gasteiger partial charge in [0, 0.05) is 17.7 Å². The van der Waals surface area contributed by atoms with Crippen molar-refractivity contribution in [1.82, 2.24) is 9.71 Å². The standard InChI is InChI=1S/C16H16ClN3O4S/c1-24-15-7-5-12(9-18-15)19-16(21)10-2-6-13(17)14(8-10)25(22,23)20-11-3-4-11/h2,5-9,11,20H,3-4H2,1H3,(H,19,21). The van der Waals surface area contributed by atoms with Crippen LogP contribution in [0.4, 0.5) is 5.69 Å². The Balaban J connectivity index is 1.81. The van der Waals surface area contributed by atoms with E-state index in [2.05, 4.69) is 15.0 Å². The highest BCUT2D eigenvalue weighted by Gasteiger charge is 2.29. The molecule has 1 aliphatic rings. The zero-order chi connectivity index (χ0) is 18.0. The van der Waals surface area contributed by atoms with Crippen molar-refractivity contribution in [1.29, 1.82) is 0 Å². The molecule has 1 aliphatic carbocycles. The maximum absolute atomic E-state index is 12.4. The number of nitrogens with one attached hydrogen (secondary N) is 2. The van der Waals surface area contributed by atoms with Crippen molar-refractivity contribution in [3.05, 3.63) is 47.1 Å². The summed E-state index contributed by atoms with van der Waals surface area (Å²) in [4.78, 5) is 16.2. The average molecular weight is 382 g/mol. The van der Waals surface area contributed by atoms with E-state index in [4.69, 9.17) is 16.3 Å². The molecule has 132 valence electrons. The van der Waals surface area contributed by atoms with Crippen LogP contribution in [0.5, 0.6) is 5.88 Å². The molecule has 0 unspecified atom stereocenters. The molecule has 0 bridgehead atoms. The predicted octanol–water partition coefficient (Wildman–Crippen LogP) is 2.44. The Bertz CT molecular complexity index is 896. The van der Waals surface area contributed by atoms with Crippen molar-refractivity contribution in [3.63, 3.8) is 0 Å². The molecule has 2 aromatic rings. The number of carbonyl (C=O) groups excluding carboxylic acids is 1. The normalized spacial score (nSPS) is 14.2. The molecule has 0 saturated heterocycles. The molecule has 3 rings (SSSR count). The molecule has 1 saturated carbocycles. The Morgan fingerprint density at radius 2 is 2.04 bits per heavy atom. The molecule has 1 heterocycles. The number of hydrogen-bond acceptors (Lipinski definition) is 5. The zero-order valence-electron chi connectivity index (χ0n) is 13.3. The van der Waals surface area contributed by atoms with Crippen molar-refractivity contribution < 1.29 is 17.9 Å². The van der Waals surface area contributed by atoms with Crippen LogP contribution in [0, 0.1) is 0 Å². The molecule has 0 atom stereocenters. The SMILES string of the molecule is COc1ccc(NC(=O)c2ccc(Cl)c(S(=O)(=O)NC3CC3)c2)cn1. The molecule has 1 amide bonds. The second kappa shape index (κ2) is 6.99. The van der Waals surface area contributed by atoms with E-state index in [0.29, 0.717) is 11.6 Å². The monoisotopic (exact) mass is 381 g/mol.